The van der Waals surface area contributed by atoms with Gasteiger partial charge in [0, 0.05) is 18.5 Å². The van der Waals surface area contributed by atoms with Crippen molar-refractivity contribution in [1.29, 1.82) is 0 Å². The van der Waals surface area contributed by atoms with Gasteiger partial charge in [0.15, 0.2) is 0 Å². The Kier molecular flexibility index (Phi) is 3.43. The van der Waals surface area contributed by atoms with Gasteiger partial charge in [0.1, 0.15) is 0 Å². The van der Waals surface area contributed by atoms with Crippen LogP contribution in [0.2, 0.25) is 0 Å². The van der Waals surface area contributed by atoms with Crippen molar-refractivity contribution in [2.24, 2.45) is 11.8 Å². The van der Waals surface area contributed by atoms with Gasteiger partial charge in [0.25, 0.3) is 0 Å². The average molecular weight is 243 g/mol. The van der Waals surface area contributed by atoms with Gasteiger partial charge in [-0.2, -0.15) is 0 Å². The minimum atomic E-state index is 0.751. The molecular weight excluding hydrogens is 218 g/mol. The normalized spacial score (nSPS) is 34.8. The van der Waals surface area contributed by atoms with Crippen molar-refractivity contribution < 1.29 is 0 Å². The van der Waals surface area contributed by atoms with E-state index in [0.717, 1.165) is 23.8 Å². The van der Waals surface area contributed by atoms with Gasteiger partial charge >= 0.3 is 0 Å². The number of benzene rings is 1. The first kappa shape index (κ1) is 12.2. The van der Waals surface area contributed by atoms with Crippen LogP contribution in [-0.2, 0) is 6.42 Å². The van der Waals surface area contributed by atoms with Crippen LogP contribution in [0.5, 0.6) is 0 Å². The summed E-state index contributed by atoms with van der Waals surface area (Å²) < 4.78 is 0. The lowest BCUT2D eigenvalue weighted by Crippen LogP contribution is -2.42. The van der Waals surface area contributed by atoms with Gasteiger partial charge in [-0.15, -0.1) is 0 Å². The molecule has 0 amide bonds. The molecule has 1 aromatic rings. The molecule has 0 aliphatic heterocycles. The lowest BCUT2D eigenvalue weighted by Gasteiger charge is -2.37. The zero-order chi connectivity index (χ0) is 12.5. The maximum absolute atomic E-state index is 3.84. The lowest BCUT2D eigenvalue weighted by atomic mass is 9.76. The molecule has 18 heavy (non-hydrogen) atoms. The smallest absolute Gasteiger partial charge is 0.00954 e. The first-order valence-corrected chi connectivity index (χ1v) is 7.55. The maximum Gasteiger partial charge on any atom is 0.00954 e. The predicted molar refractivity (Wildman–Crippen MR) is 76.9 cm³/mol. The van der Waals surface area contributed by atoms with Crippen LogP contribution in [0.15, 0.2) is 24.3 Å². The van der Waals surface area contributed by atoms with E-state index in [1.54, 1.807) is 11.1 Å². The van der Waals surface area contributed by atoms with Crippen LogP contribution in [0.25, 0.3) is 0 Å². The molecule has 2 aliphatic carbocycles. The second kappa shape index (κ2) is 5.05. The predicted octanol–water partition coefficient (Wildman–Crippen LogP) is 3.74. The van der Waals surface area contributed by atoms with Crippen LogP contribution in [-0.4, -0.2) is 12.6 Å². The number of hydrogen-bond acceptors (Lipinski definition) is 1. The molecule has 1 fully saturated rings. The summed E-state index contributed by atoms with van der Waals surface area (Å²) in [6.45, 7) is 6.00. The Morgan fingerprint density at radius 1 is 1.17 bits per heavy atom. The van der Waals surface area contributed by atoms with Gasteiger partial charge < -0.3 is 5.32 Å². The Hall–Kier alpha value is -0.820. The molecule has 1 aromatic carbocycles. The molecule has 4 unspecified atom stereocenters. The van der Waals surface area contributed by atoms with Crippen molar-refractivity contribution >= 4 is 0 Å². The van der Waals surface area contributed by atoms with Crippen LogP contribution >= 0.6 is 0 Å². The molecule has 3 rings (SSSR count). The van der Waals surface area contributed by atoms with Crippen molar-refractivity contribution in [2.75, 3.05) is 6.54 Å². The quantitative estimate of drug-likeness (QED) is 0.852. The van der Waals surface area contributed by atoms with Gasteiger partial charge in [-0.05, 0) is 42.2 Å². The van der Waals surface area contributed by atoms with Crippen LogP contribution < -0.4 is 5.32 Å². The molecule has 1 saturated carbocycles. The third kappa shape index (κ3) is 2.33. The Balaban J connectivity index is 1.53. The summed E-state index contributed by atoms with van der Waals surface area (Å²) in [5, 5.41) is 3.84. The number of rotatable bonds is 3. The van der Waals surface area contributed by atoms with E-state index in [1.165, 1.54) is 32.2 Å². The summed E-state index contributed by atoms with van der Waals surface area (Å²) in [5.41, 5.74) is 3.15. The Labute approximate surface area is 111 Å². The van der Waals surface area contributed by atoms with E-state index >= 15 is 0 Å². The zero-order valence-electron chi connectivity index (χ0n) is 11.7. The summed E-state index contributed by atoms with van der Waals surface area (Å²) >= 11 is 0. The lowest BCUT2D eigenvalue weighted by molar-refractivity contribution is 0.224. The summed E-state index contributed by atoms with van der Waals surface area (Å²) in [5.74, 6) is 2.54. The third-order valence-electron chi connectivity index (χ3n) is 5.05. The largest absolute Gasteiger partial charge is 0.313 e. The van der Waals surface area contributed by atoms with E-state index in [0.29, 0.717) is 0 Å². The highest BCUT2D eigenvalue weighted by Crippen LogP contribution is 2.35. The molecule has 0 heterocycles. The van der Waals surface area contributed by atoms with Crippen LogP contribution in [0.1, 0.15) is 50.2 Å². The van der Waals surface area contributed by atoms with Crippen molar-refractivity contribution in [3.63, 3.8) is 0 Å². The topological polar surface area (TPSA) is 12.0 Å². The third-order valence-corrected chi connectivity index (χ3v) is 5.05. The zero-order valence-corrected chi connectivity index (χ0v) is 11.7. The Bertz CT molecular complexity index is 412. The van der Waals surface area contributed by atoms with Crippen molar-refractivity contribution in [3.05, 3.63) is 35.4 Å². The average Bonchev–Trinajstić information content (AvgIpc) is 2.34. The Morgan fingerprint density at radius 3 is 2.83 bits per heavy atom. The van der Waals surface area contributed by atoms with Gasteiger partial charge in [-0.1, -0.05) is 44.5 Å². The van der Waals surface area contributed by atoms with Crippen LogP contribution in [0.3, 0.4) is 0 Å². The molecule has 0 aromatic heterocycles. The fraction of sp³-hybridized carbons (Fsp3) is 0.647. The summed E-state index contributed by atoms with van der Waals surface area (Å²) in [7, 11) is 0. The number of hydrogen-bond donors (Lipinski definition) is 1. The second-order valence-corrected chi connectivity index (χ2v) is 6.51. The standard InChI is InChI=1S/C17H25N/c1-12-7-8-13(2)17(9-12)18-11-15-10-14-5-3-4-6-16(14)15/h3-6,12-13,15,17-18H,7-11H2,1-2H3. The van der Waals surface area contributed by atoms with Crippen LogP contribution in [0, 0.1) is 11.8 Å². The number of nitrogens with one attached hydrogen (secondary N) is 1. The van der Waals surface area contributed by atoms with E-state index in [-0.39, 0.29) is 0 Å². The Morgan fingerprint density at radius 2 is 2.00 bits per heavy atom. The van der Waals surface area contributed by atoms with E-state index in [1.807, 2.05) is 0 Å². The fourth-order valence-electron chi connectivity index (χ4n) is 3.66. The molecule has 0 saturated heterocycles. The minimum absolute atomic E-state index is 0.751. The van der Waals surface area contributed by atoms with Gasteiger partial charge in [-0.25, -0.2) is 0 Å². The monoisotopic (exact) mass is 243 g/mol. The summed E-state index contributed by atoms with van der Waals surface area (Å²) in [6, 6.07) is 9.67. The van der Waals surface area contributed by atoms with Crippen molar-refractivity contribution in [1.82, 2.24) is 5.32 Å². The molecule has 0 spiro atoms. The molecule has 1 nitrogen and oxygen atoms in total. The first-order chi connectivity index (χ1) is 8.74. The van der Waals surface area contributed by atoms with E-state index in [4.69, 9.17) is 0 Å². The first-order valence-electron chi connectivity index (χ1n) is 7.55. The SMILES string of the molecule is CC1CCC(C)C(NCC2Cc3ccccc32)C1. The van der Waals surface area contributed by atoms with E-state index < -0.39 is 0 Å². The molecular formula is C17H25N. The molecule has 0 bridgehead atoms. The maximum atomic E-state index is 3.84. The molecule has 2 aliphatic rings. The minimum Gasteiger partial charge on any atom is -0.313 e. The molecule has 98 valence electrons. The fourth-order valence-corrected chi connectivity index (χ4v) is 3.66. The van der Waals surface area contributed by atoms with Crippen molar-refractivity contribution in [3.8, 4) is 0 Å². The van der Waals surface area contributed by atoms with E-state index in [9.17, 15) is 0 Å². The van der Waals surface area contributed by atoms with Gasteiger partial charge in [-0.3, -0.25) is 0 Å². The molecule has 0 radical (unpaired) electrons. The highest BCUT2D eigenvalue weighted by Gasteiger charge is 2.29. The summed E-state index contributed by atoms with van der Waals surface area (Å²) in [6.07, 6.45) is 5.47. The van der Waals surface area contributed by atoms with Crippen molar-refractivity contribution in [2.45, 2.75) is 51.5 Å². The second-order valence-electron chi connectivity index (χ2n) is 6.51. The highest BCUT2D eigenvalue weighted by molar-refractivity contribution is 5.40. The number of fused-ring (bicyclic) bond motifs is 1. The molecule has 4 atom stereocenters. The summed E-state index contributed by atoms with van der Waals surface area (Å²) in [4.78, 5) is 0. The van der Waals surface area contributed by atoms with Gasteiger partial charge in [0.2, 0.25) is 0 Å². The van der Waals surface area contributed by atoms with Gasteiger partial charge in [0.05, 0.1) is 0 Å². The van der Waals surface area contributed by atoms with E-state index in [2.05, 4.69) is 43.4 Å². The van der Waals surface area contributed by atoms with Crippen LogP contribution in [0.4, 0.5) is 0 Å². The molecule has 1 heteroatoms. The molecule has 1 N–H and O–H groups in total. The highest BCUT2D eigenvalue weighted by atomic mass is 14.9.